The van der Waals surface area contributed by atoms with E-state index in [0.29, 0.717) is 50.1 Å². The molecular weight excluding hydrogens is 579 g/mol. The van der Waals surface area contributed by atoms with Gasteiger partial charge in [0.2, 0.25) is 5.91 Å². The van der Waals surface area contributed by atoms with Gasteiger partial charge in [-0.2, -0.15) is 5.10 Å². The number of carbonyl (C=O) groups is 2. The number of carbonyl (C=O) groups excluding carboxylic acids is 2. The van der Waals surface area contributed by atoms with Crippen LogP contribution in [0, 0.1) is 5.41 Å². The van der Waals surface area contributed by atoms with Crippen molar-refractivity contribution in [2.75, 3.05) is 46.4 Å². The average Bonchev–Trinajstić information content (AvgIpc) is 3.38. The van der Waals surface area contributed by atoms with Crippen molar-refractivity contribution in [1.29, 1.82) is 0 Å². The lowest BCUT2D eigenvalue weighted by Gasteiger charge is -2.36. The summed E-state index contributed by atoms with van der Waals surface area (Å²) < 4.78 is 21.0. The monoisotopic (exact) mass is 616 g/mol. The van der Waals surface area contributed by atoms with Gasteiger partial charge in [0.15, 0.2) is 5.67 Å². The molecule has 3 fully saturated rings. The van der Waals surface area contributed by atoms with Gasteiger partial charge in [-0.05, 0) is 55.6 Å². The van der Waals surface area contributed by atoms with Gasteiger partial charge in [-0.3, -0.25) is 24.6 Å². The third-order valence-corrected chi connectivity index (χ3v) is 10.5. The SMILES string of the molecule is COC[C@@]1(C(=O)Cc2ccc3[nH]nc(-c4ccnc(C5CC5)c4)c3c2)CCN(CC(=O)N2CCC(F)(c3nccs3)CC2)C1. The summed E-state index contributed by atoms with van der Waals surface area (Å²) in [6.45, 7) is 2.35. The molecule has 1 atom stereocenters. The van der Waals surface area contributed by atoms with Gasteiger partial charge in [0.25, 0.3) is 0 Å². The number of Topliss-reactive ketones (excluding diaryl/α,β-unsaturated/α-hetero) is 1. The van der Waals surface area contributed by atoms with Crippen LogP contribution in [0.25, 0.3) is 22.2 Å². The molecule has 2 saturated heterocycles. The van der Waals surface area contributed by atoms with E-state index in [4.69, 9.17) is 4.74 Å². The van der Waals surface area contributed by atoms with Crippen molar-refractivity contribution in [3.05, 3.63) is 64.4 Å². The van der Waals surface area contributed by atoms with E-state index in [1.165, 1.54) is 24.2 Å². The summed E-state index contributed by atoms with van der Waals surface area (Å²) in [6, 6.07) is 10.1. The van der Waals surface area contributed by atoms with Crippen molar-refractivity contribution in [2.24, 2.45) is 5.41 Å². The Balaban J connectivity index is 1.01. The Morgan fingerprint density at radius 3 is 2.68 bits per heavy atom. The number of amides is 1. The summed E-state index contributed by atoms with van der Waals surface area (Å²) in [5, 5.41) is 11.0. The fourth-order valence-electron chi connectivity index (χ4n) is 6.82. The van der Waals surface area contributed by atoms with Gasteiger partial charge < -0.3 is 9.64 Å². The summed E-state index contributed by atoms with van der Waals surface area (Å²) in [4.78, 5) is 39.6. The first-order valence-electron chi connectivity index (χ1n) is 15.4. The first-order valence-corrected chi connectivity index (χ1v) is 16.3. The van der Waals surface area contributed by atoms with Crippen LogP contribution in [0.4, 0.5) is 4.39 Å². The number of aromatic nitrogens is 4. The quantitative estimate of drug-likeness (QED) is 0.270. The van der Waals surface area contributed by atoms with Crippen LogP contribution in [-0.4, -0.2) is 88.1 Å². The maximum absolute atomic E-state index is 15.4. The Bertz CT molecular complexity index is 1660. The molecular formula is C33H37FN6O3S. The highest BCUT2D eigenvalue weighted by Crippen LogP contribution is 2.41. The second kappa shape index (κ2) is 11.8. The van der Waals surface area contributed by atoms with Crippen LogP contribution in [0.1, 0.15) is 54.3 Å². The van der Waals surface area contributed by atoms with Crippen LogP contribution in [-0.2, 0) is 26.4 Å². The molecule has 9 nitrogen and oxygen atoms in total. The van der Waals surface area contributed by atoms with Gasteiger partial charge in [-0.15, -0.1) is 11.3 Å². The van der Waals surface area contributed by atoms with Crippen LogP contribution < -0.4 is 0 Å². The van der Waals surface area contributed by atoms with Crippen molar-refractivity contribution in [3.8, 4) is 11.3 Å². The Morgan fingerprint density at radius 2 is 1.93 bits per heavy atom. The first-order chi connectivity index (χ1) is 21.4. The highest BCUT2D eigenvalue weighted by Gasteiger charge is 2.45. The largest absolute Gasteiger partial charge is 0.384 e. The van der Waals surface area contributed by atoms with Gasteiger partial charge in [0.05, 0.1) is 24.1 Å². The molecule has 1 N–H and O–H groups in total. The molecule has 11 heteroatoms. The summed E-state index contributed by atoms with van der Waals surface area (Å²) in [6.07, 6.45) is 7.26. The number of methoxy groups -OCH3 is 1. The van der Waals surface area contributed by atoms with Crippen molar-refractivity contribution < 1.29 is 18.7 Å². The van der Waals surface area contributed by atoms with Gasteiger partial charge in [0, 0.05) is 86.3 Å². The lowest BCUT2D eigenvalue weighted by molar-refractivity contribution is -0.136. The van der Waals surface area contributed by atoms with E-state index >= 15 is 4.39 Å². The molecule has 5 heterocycles. The third kappa shape index (κ3) is 5.68. The Morgan fingerprint density at radius 1 is 1.09 bits per heavy atom. The summed E-state index contributed by atoms with van der Waals surface area (Å²) in [7, 11) is 1.62. The fourth-order valence-corrected chi connectivity index (χ4v) is 7.61. The molecule has 4 aromatic rings. The molecule has 44 heavy (non-hydrogen) atoms. The molecule has 0 radical (unpaired) electrons. The maximum Gasteiger partial charge on any atom is 0.236 e. The Labute approximate surface area is 259 Å². The number of nitrogens with one attached hydrogen (secondary N) is 1. The number of halogens is 1. The first kappa shape index (κ1) is 29.2. The summed E-state index contributed by atoms with van der Waals surface area (Å²) >= 11 is 1.33. The van der Waals surface area contributed by atoms with Crippen LogP contribution in [0.2, 0.25) is 0 Å². The van der Waals surface area contributed by atoms with Gasteiger partial charge in [0.1, 0.15) is 16.5 Å². The van der Waals surface area contributed by atoms with Crippen molar-refractivity contribution in [1.82, 2.24) is 30.0 Å². The number of aromatic amines is 1. The Kier molecular flexibility index (Phi) is 7.80. The number of likely N-dealkylation sites (tertiary alicyclic amines) is 2. The van der Waals surface area contributed by atoms with Crippen molar-refractivity contribution in [2.45, 2.75) is 50.1 Å². The normalized spacial score (nSPS) is 22.1. The minimum Gasteiger partial charge on any atom is -0.384 e. The number of pyridine rings is 1. The summed E-state index contributed by atoms with van der Waals surface area (Å²) in [5.74, 6) is 0.642. The summed E-state index contributed by atoms with van der Waals surface area (Å²) in [5.41, 5.74) is 2.71. The number of piperidine rings is 1. The van der Waals surface area contributed by atoms with E-state index in [1.54, 1.807) is 23.6 Å². The van der Waals surface area contributed by atoms with Gasteiger partial charge >= 0.3 is 0 Å². The number of ketones is 1. The van der Waals surface area contributed by atoms with Crippen LogP contribution in [0.5, 0.6) is 0 Å². The number of benzene rings is 1. The molecule has 0 spiro atoms. The standard InChI is InChI=1S/C33H37FN6O3S/c1-43-21-32(7-12-39(20-32)19-29(42)40-13-8-33(34,9-14-40)31-36-11-15-44-31)28(41)17-22-2-5-26-25(16-22)30(38-37-26)24-6-10-35-27(18-24)23-3-4-23/h2,5-6,10-11,15-16,18,23H,3-4,7-9,12-14,17,19-21H2,1H3,(H,37,38)/t32-/m1/s1. The predicted octanol–water partition coefficient (Wildman–Crippen LogP) is 4.90. The predicted molar refractivity (Wildman–Crippen MR) is 166 cm³/mol. The molecule has 230 valence electrons. The zero-order valence-electron chi connectivity index (χ0n) is 24.9. The smallest absolute Gasteiger partial charge is 0.236 e. The molecule has 1 aromatic carbocycles. The average molecular weight is 617 g/mol. The van der Waals surface area contributed by atoms with Crippen molar-refractivity contribution >= 4 is 33.9 Å². The Hall–Kier alpha value is -3.54. The van der Waals surface area contributed by atoms with Gasteiger partial charge in [-0.25, -0.2) is 9.37 Å². The lowest BCUT2D eigenvalue weighted by atomic mass is 9.80. The fraction of sp³-hybridized carbons (Fsp3) is 0.485. The second-order valence-electron chi connectivity index (χ2n) is 12.7. The number of alkyl halides is 1. The number of thiazole rings is 1. The number of ether oxygens (including phenoxy) is 1. The number of hydrogen-bond acceptors (Lipinski definition) is 8. The molecule has 7 rings (SSSR count). The molecule has 1 aliphatic carbocycles. The van der Waals surface area contributed by atoms with Gasteiger partial charge in [-0.1, -0.05) is 6.07 Å². The number of fused-ring (bicyclic) bond motifs is 1. The topological polar surface area (TPSA) is 104 Å². The number of hydrogen-bond donors (Lipinski definition) is 1. The molecule has 0 unspecified atom stereocenters. The lowest BCUT2D eigenvalue weighted by Crippen LogP contribution is -2.47. The van der Waals surface area contributed by atoms with E-state index in [1.807, 2.05) is 24.4 Å². The zero-order chi connectivity index (χ0) is 30.3. The van der Waals surface area contributed by atoms with E-state index in [9.17, 15) is 9.59 Å². The molecule has 2 aliphatic heterocycles. The van der Waals surface area contributed by atoms with E-state index in [2.05, 4.69) is 37.2 Å². The van der Waals surface area contributed by atoms with E-state index < -0.39 is 11.1 Å². The minimum absolute atomic E-state index is 0.0225. The van der Waals surface area contributed by atoms with E-state index in [-0.39, 0.29) is 37.5 Å². The highest BCUT2D eigenvalue weighted by molar-refractivity contribution is 7.09. The number of H-pyrrole nitrogens is 1. The molecule has 1 saturated carbocycles. The van der Waals surface area contributed by atoms with E-state index in [0.717, 1.165) is 33.4 Å². The highest BCUT2D eigenvalue weighted by atomic mass is 32.1. The number of nitrogens with zero attached hydrogens (tertiary/aromatic N) is 5. The molecule has 1 amide bonds. The third-order valence-electron chi connectivity index (χ3n) is 9.57. The molecule has 3 aromatic heterocycles. The number of rotatable bonds is 10. The van der Waals surface area contributed by atoms with Crippen LogP contribution in [0.3, 0.4) is 0 Å². The molecule has 0 bridgehead atoms. The minimum atomic E-state index is -1.46. The van der Waals surface area contributed by atoms with Crippen LogP contribution in [0.15, 0.2) is 48.1 Å². The second-order valence-corrected chi connectivity index (χ2v) is 13.5. The molecule has 3 aliphatic rings. The van der Waals surface area contributed by atoms with Crippen molar-refractivity contribution in [3.63, 3.8) is 0 Å². The van der Waals surface area contributed by atoms with Crippen LogP contribution >= 0.6 is 11.3 Å². The maximum atomic E-state index is 15.4. The zero-order valence-corrected chi connectivity index (χ0v) is 25.7.